The van der Waals surface area contributed by atoms with E-state index in [9.17, 15) is 0 Å². The second-order valence-corrected chi connectivity index (χ2v) is 4.69. The molecule has 88 valence electrons. The first kappa shape index (κ1) is 12.4. The van der Waals surface area contributed by atoms with Crippen molar-refractivity contribution in [1.82, 2.24) is 0 Å². The second kappa shape index (κ2) is 4.88. The Balaban J connectivity index is 2.76. The molecule has 1 aromatic rings. The molecule has 0 fully saturated rings. The molecule has 0 unspecified atom stereocenters. The Hall–Kier alpha value is -1.71. The molecule has 4 N–H and O–H groups in total. The van der Waals surface area contributed by atoms with Crippen LogP contribution >= 0.6 is 0 Å². The molecular weight excluding hydrogens is 202 g/mol. The highest BCUT2D eigenvalue weighted by molar-refractivity contribution is 5.81. The highest BCUT2D eigenvalue weighted by Crippen LogP contribution is 2.25. The summed E-state index contributed by atoms with van der Waals surface area (Å²) in [6.07, 6.45) is 0. The third kappa shape index (κ3) is 3.46. The number of hydrogen-bond acceptors (Lipinski definition) is 3. The summed E-state index contributed by atoms with van der Waals surface area (Å²) in [7, 11) is 0. The molecule has 0 atom stereocenters. The number of benzene rings is 1. The van der Waals surface area contributed by atoms with Gasteiger partial charge < -0.3 is 16.3 Å². The fourth-order valence-corrected chi connectivity index (χ4v) is 1.25. The van der Waals surface area contributed by atoms with Crippen molar-refractivity contribution < 1.29 is 4.74 Å². The van der Waals surface area contributed by atoms with Crippen LogP contribution in [0.2, 0.25) is 0 Å². The molecule has 0 saturated heterocycles. The maximum atomic E-state index is 5.46. The minimum absolute atomic E-state index is 0.104. The topological polar surface area (TPSA) is 73.6 Å². The number of amidine groups is 1. The van der Waals surface area contributed by atoms with Gasteiger partial charge in [-0.1, -0.05) is 32.9 Å². The van der Waals surface area contributed by atoms with Crippen LogP contribution in [0, 0.1) is 0 Å². The van der Waals surface area contributed by atoms with Crippen LogP contribution in [0.1, 0.15) is 26.3 Å². The Labute approximate surface area is 96.3 Å². The predicted molar refractivity (Wildman–Crippen MR) is 66.4 cm³/mol. The van der Waals surface area contributed by atoms with E-state index < -0.39 is 0 Å². The molecule has 4 heteroatoms. The molecule has 0 aromatic heterocycles. The van der Waals surface area contributed by atoms with Gasteiger partial charge in [0.25, 0.3) is 0 Å². The van der Waals surface area contributed by atoms with Gasteiger partial charge in [-0.3, -0.25) is 0 Å². The zero-order chi connectivity index (χ0) is 12.2. The summed E-state index contributed by atoms with van der Waals surface area (Å²) in [6, 6.07) is 7.93. The number of nitrogens with two attached hydrogens (primary N) is 2. The average Bonchev–Trinajstić information content (AvgIpc) is 2.25. The lowest BCUT2D eigenvalue weighted by molar-refractivity contribution is 0.373. The summed E-state index contributed by atoms with van der Waals surface area (Å²) in [5.41, 5.74) is 6.76. The van der Waals surface area contributed by atoms with E-state index in [4.69, 9.17) is 16.3 Å². The van der Waals surface area contributed by atoms with Gasteiger partial charge >= 0.3 is 0 Å². The fourth-order valence-electron chi connectivity index (χ4n) is 1.25. The summed E-state index contributed by atoms with van der Waals surface area (Å²) in [5.74, 6) is 6.07. The number of hydrazone groups is 1. The lowest BCUT2D eigenvalue weighted by atomic mass is 9.87. The van der Waals surface area contributed by atoms with Crippen molar-refractivity contribution in [2.45, 2.75) is 26.2 Å². The number of nitrogens with zero attached hydrogens (tertiary/aromatic N) is 1. The predicted octanol–water partition coefficient (Wildman–Crippen LogP) is 1.59. The Kier molecular flexibility index (Phi) is 3.77. The molecule has 0 aliphatic carbocycles. The number of hydrogen-bond donors (Lipinski definition) is 2. The smallest absolute Gasteiger partial charge is 0.157 e. The van der Waals surface area contributed by atoms with Crippen LogP contribution in [-0.2, 0) is 5.41 Å². The molecule has 0 amide bonds. The van der Waals surface area contributed by atoms with Gasteiger partial charge in [0.2, 0.25) is 0 Å². The van der Waals surface area contributed by atoms with E-state index in [2.05, 4.69) is 31.9 Å². The van der Waals surface area contributed by atoms with Crippen molar-refractivity contribution >= 4 is 5.84 Å². The van der Waals surface area contributed by atoms with Gasteiger partial charge in [0.05, 0.1) is 0 Å². The Morgan fingerprint density at radius 1 is 1.38 bits per heavy atom. The van der Waals surface area contributed by atoms with Crippen LogP contribution in [0.25, 0.3) is 0 Å². The van der Waals surface area contributed by atoms with Gasteiger partial charge in [0, 0.05) is 0 Å². The van der Waals surface area contributed by atoms with Crippen LogP contribution in [-0.4, -0.2) is 12.4 Å². The molecule has 0 aliphatic heterocycles. The average molecular weight is 221 g/mol. The normalized spacial score (nSPS) is 12.6. The van der Waals surface area contributed by atoms with Crippen LogP contribution in [0.3, 0.4) is 0 Å². The summed E-state index contributed by atoms with van der Waals surface area (Å²) in [5, 5.41) is 3.34. The standard InChI is InChI=1S/C12H19N3O/c1-12(2,3)9-5-4-6-10(7-9)16-8-11(13)15-14/h4-7H,8,14H2,1-3H3,(H2,13,15). The fraction of sp³-hybridized carbons (Fsp3) is 0.417. The minimum Gasteiger partial charge on any atom is -0.486 e. The first-order chi connectivity index (χ1) is 7.43. The van der Waals surface area contributed by atoms with Gasteiger partial charge in [0.1, 0.15) is 12.4 Å². The maximum Gasteiger partial charge on any atom is 0.157 e. The zero-order valence-corrected chi connectivity index (χ0v) is 10.0. The third-order valence-electron chi connectivity index (χ3n) is 2.25. The molecule has 0 aliphatic rings. The van der Waals surface area contributed by atoms with E-state index in [0.717, 1.165) is 5.75 Å². The number of rotatable bonds is 3. The molecular formula is C12H19N3O. The van der Waals surface area contributed by atoms with Crippen molar-refractivity contribution in [3.8, 4) is 5.75 Å². The number of ether oxygens (including phenoxy) is 1. The molecule has 0 heterocycles. The molecule has 4 nitrogen and oxygen atoms in total. The van der Waals surface area contributed by atoms with Crippen molar-refractivity contribution in [3.63, 3.8) is 0 Å². The van der Waals surface area contributed by atoms with Gasteiger partial charge in [-0.15, -0.1) is 0 Å². The van der Waals surface area contributed by atoms with E-state index in [1.165, 1.54) is 5.56 Å². The van der Waals surface area contributed by atoms with Crippen LogP contribution in [0.4, 0.5) is 0 Å². The second-order valence-electron chi connectivity index (χ2n) is 4.69. The van der Waals surface area contributed by atoms with E-state index in [1.54, 1.807) is 0 Å². The van der Waals surface area contributed by atoms with Gasteiger partial charge in [0.15, 0.2) is 5.84 Å². The van der Waals surface area contributed by atoms with E-state index in [0.29, 0.717) is 0 Å². The third-order valence-corrected chi connectivity index (χ3v) is 2.25. The monoisotopic (exact) mass is 221 g/mol. The molecule has 0 bridgehead atoms. The minimum atomic E-state index is 0.104. The van der Waals surface area contributed by atoms with Crippen molar-refractivity contribution in [3.05, 3.63) is 29.8 Å². The summed E-state index contributed by atoms with van der Waals surface area (Å²) in [6.45, 7) is 6.68. The molecule has 0 spiro atoms. The highest BCUT2D eigenvalue weighted by Gasteiger charge is 2.13. The quantitative estimate of drug-likeness (QED) is 0.352. The first-order valence-corrected chi connectivity index (χ1v) is 5.19. The summed E-state index contributed by atoms with van der Waals surface area (Å²) >= 11 is 0. The summed E-state index contributed by atoms with van der Waals surface area (Å²) in [4.78, 5) is 0. The molecule has 0 radical (unpaired) electrons. The lowest BCUT2D eigenvalue weighted by Crippen LogP contribution is -2.22. The first-order valence-electron chi connectivity index (χ1n) is 5.19. The maximum absolute atomic E-state index is 5.46. The van der Waals surface area contributed by atoms with Crippen molar-refractivity contribution in [2.24, 2.45) is 16.7 Å². The largest absolute Gasteiger partial charge is 0.486 e. The van der Waals surface area contributed by atoms with E-state index in [-0.39, 0.29) is 17.9 Å². The molecule has 1 aromatic carbocycles. The van der Waals surface area contributed by atoms with E-state index in [1.807, 2.05) is 18.2 Å². The molecule has 16 heavy (non-hydrogen) atoms. The Morgan fingerprint density at radius 3 is 2.62 bits per heavy atom. The van der Waals surface area contributed by atoms with Gasteiger partial charge in [-0.25, -0.2) is 0 Å². The Bertz CT molecular complexity index is 380. The zero-order valence-electron chi connectivity index (χ0n) is 10.0. The van der Waals surface area contributed by atoms with Crippen LogP contribution in [0.15, 0.2) is 29.4 Å². The highest BCUT2D eigenvalue weighted by atomic mass is 16.5. The van der Waals surface area contributed by atoms with Gasteiger partial charge in [-0.2, -0.15) is 5.10 Å². The van der Waals surface area contributed by atoms with E-state index >= 15 is 0 Å². The SMILES string of the molecule is CC(C)(C)c1cccc(OC/C(N)=N/N)c1. The van der Waals surface area contributed by atoms with Crippen LogP contribution < -0.4 is 16.3 Å². The van der Waals surface area contributed by atoms with Crippen molar-refractivity contribution in [1.29, 1.82) is 0 Å². The Morgan fingerprint density at radius 2 is 2.06 bits per heavy atom. The summed E-state index contributed by atoms with van der Waals surface area (Å²) < 4.78 is 5.46. The van der Waals surface area contributed by atoms with Crippen molar-refractivity contribution in [2.75, 3.05) is 6.61 Å². The van der Waals surface area contributed by atoms with Gasteiger partial charge in [-0.05, 0) is 23.1 Å². The lowest BCUT2D eigenvalue weighted by Gasteiger charge is -2.19. The molecule has 1 rings (SSSR count). The van der Waals surface area contributed by atoms with Crippen LogP contribution in [0.5, 0.6) is 5.75 Å². The molecule has 0 saturated carbocycles.